The molecule has 128 valence electrons. The van der Waals surface area contributed by atoms with Crippen molar-refractivity contribution in [2.45, 2.75) is 26.1 Å². The highest BCUT2D eigenvalue weighted by molar-refractivity contribution is 5.85. The summed E-state index contributed by atoms with van der Waals surface area (Å²) in [5.41, 5.74) is 2.03. The number of hydrogen-bond donors (Lipinski definition) is 1. The summed E-state index contributed by atoms with van der Waals surface area (Å²) in [6.07, 6.45) is 5.26. The largest absolute Gasteiger partial charge is 0.460 e. The average molecular weight is 334 g/mol. The molecular weight excluding hydrogens is 312 g/mol. The Morgan fingerprint density at radius 1 is 1.12 bits per heavy atom. The minimum absolute atomic E-state index is 0.206. The highest BCUT2D eigenvalue weighted by atomic mass is 16.5. The number of esters is 1. The number of rotatable bonds is 5. The number of aliphatic hydroxyl groups is 1. The predicted molar refractivity (Wildman–Crippen MR) is 98.5 cm³/mol. The zero-order chi connectivity index (χ0) is 17.7. The number of carbonyl (C=O) groups is 1. The third kappa shape index (κ3) is 3.72. The smallest absolute Gasteiger partial charge is 0.319 e. The van der Waals surface area contributed by atoms with Crippen LogP contribution in [-0.2, 0) is 16.1 Å². The van der Waals surface area contributed by atoms with Crippen molar-refractivity contribution in [1.29, 1.82) is 0 Å². The lowest BCUT2D eigenvalue weighted by Crippen LogP contribution is -2.41. The molecule has 0 heterocycles. The molecule has 25 heavy (non-hydrogen) atoms. The van der Waals surface area contributed by atoms with E-state index in [1.807, 2.05) is 72.8 Å². The van der Waals surface area contributed by atoms with Crippen molar-refractivity contribution in [2.75, 3.05) is 0 Å². The van der Waals surface area contributed by atoms with Crippen molar-refractivity contribution in [3.05, 3.63) is 90.0 Å². The van der Waals surface area contributed by atoms with Crippen molar-refractivity contribution in [2.24, 2.45) is 5.41 Å². The van der Waals surface area contributed by atoms with Gasteiger partial charge in [-0.15, -0.1) is 0 Å². The molecule has 1 aliphatic rings. The molecule has 3 rings (SSSR count). The lowest BCUT2D eigenvalue weighted by atomic mass is 9.75. The van der Waals surface area contributed by atoms with Crippen LogP contribution in [0.1, 0.15) is 24.5 Å². The summed E-state index contributed by atoms with van der Waals surface area (Å²) in [5, 5.41) is 10.3. The fourth-order valence-electron chi connectivity index (χ4n) is 2.99. The van der Waals surface area contributed by atoms with Gasteiger partial charge < -0.3 is 9.84 Å². The Bertz CT molecular complexity index is 775. The van der Waals surface area contributed by atoms with E-state index < -0.39 is 17.5 Å². The van der Waals surface area contributed by atoms with Gasteiger partial charge in [-0.2, -0.15) is 0 Å². The third-order valence-electron chi connectivity index (χ3n) is 4.67. The first-order valence-corrected chi connectivity index (χ1v) is 8.46. The molecule has 0 bridgehead atoms. The molecule has 2 aromatic rings. The highest BCUT2D eigenvalue weighted by Gasteiger charge is 2.42. The Kier molecular flexibility index (Phi) is 5.15. The Morgan fingerprint density at radius 3 is 2.32 bits per heavy atom. The van der Waals surface area contributed by atoms with Gasteiger partial charge in [-0.05, 0) is 30.0 Å². The molecule has 0 aromatic heterocycles. The second kappa shape index (κ2) is 7.49. The van der Waals surface area contributed by atoms with E-state index >= 15 is 0 Å². The maximum absolute atomic E-state index is 12.7. The molecule has 0 radical (unpaired) electrons. The molecule has 3 heteroatoms. The quantitative estimate of drug-likeness (QED) is 0.836. The number of carbonyl (C=O) groups excluding carboxylic acids is 1. The summed E-state index contributed by atoms with van der Waals surface area (Å²) in [5.74, 6) is -0.397. The first kappa shape index (κ1) is 17.2. The molecule has 2 aromatic carbocycles. The van der Waals surface area contributed by atoms with Crippen LogP contribution in [0.15, 0.2) is 78.9 Å². The maximum atomic E-state index is 12.7. The SMILES string of the molecule is CC(O)C1(C(=O)OCc2ccccc2)C=CC(c2ccccc2)=CC1. The van der Waals surface area contributed by atoms with E-state index in [1.54, 1.807) is 13.0 Å². The summed E-state index contributed by atoms with van der Waals surface area (Å²) in [4.78, 5) is 12.7. The standard InChI is InChI=1S/C22H22O3/c1-17(23)22(21(24)25-16-18-8-4-2-5-9-18)14-12-20(13-15-22)19-10-6-3-7-11-19/h2-14,17,23H,15-16H2,1H3. The van der Waals surface area contributed by atoms with Gasteiger partial charge in [0.1, 0.15) is 12.0 Å². The number of ether oxygens (including phenoxy) is 1. The number of benzene rings is 2. The molecule has 0 amide bonds. The summed E-state index contributed by atoms with van der Waals surface area (Å²) >= 11 is 0. The Hall–Kier alpha value is -2.65. The second-order valence-corrected chi connectivity index (χ2v) is 6.34. The fourth-order valence-corrected chi connectivity index (χ4v) is 2.99. The average Bonchev–Trinajstić information content (AvgIpc) is 2.67. The van der Waals surface area contributed by atoms with E-state index in [4.69, 9.17) is 4.74 Å². The molecule has 3 nitrogen and oxygen atoms in total. The molecule has 0 saturated carbocycles. The van der Waals surface area contributed by atoms with Crippen LogP contribution in [-0.4, -0.2) is 17.2 Å². The van der Waals surface area contributed by atoms with Crippen LogP contribution in [0.2, 0.25) is 0 Å². The van der Waals surface area contributed by atoms with E-state index in [1.165, 1.54) is 0 Å². The molecular formula is C22H22O3. The Balaban J connectivity index is 1.74. The van der Waals surface area contributed by atoms with E-state index in [-0.39, 0.29) is 6.61 Å². The number of aliphatic hydroxyl groups excluding tert-OH is 1. The van der Waals surface area contributed by atoms with E-state index in [9.17, 15) is 9.90 Å². The fraction of sp³-hybridized carbons (Fsp3) is 0.227. The summed E-state index contributed by atoms with van der Waals surface area (Å²) in [6, 6.07) is 19.5. The molecule has 0 saturated heterocycles. The molecule has 1 N–H and O–H groups in total. The summed E-state index contributed by atoms with van der Waals surface area (Å²) < 4.78 is 5.49. The van der Waals surface area contributed by atoms with Crippen LogP contribution in [0.4, 0.5) is 0 Å². The molecule has 0 aliphatic heterocycles. The first-order chi connectivity index (χ1) is 12.1. The van der Waals surface area contributed by atoms with E-state index in [0.29, 0.717) is 6.42 Å². The van der Waals surface area contributed by atoms with Crippen molar-refractivity contribution < 1.29 is 14.6 Å². The van der Waals surface area contributed by atoms with Crippen molar-refractivity contribution in [3.63, 3.8) is 0 Å². The first-order valence-electron chi connectivity index (χ1n) is 8.46. The second-order valence-electron chi connectivity index (χ2n) is 6.34. The van der Waals surface area contributed by atoms with Crippen LogP contribution in [0.25, 0.3) is 5.57 Å². The molecule has 2 atom stereocenters. The van der Waals surface area contributed by atoms with Gasteiger partial charge in [0.2, 0.25) is 0 Å². The van der Waals surface area contributed by atoms with Gasteiger partial charge in [0, 0.05) is 0 Å². The topological polar surface area (TPSA) is 46.5 Å². The van der Waals surface area contributed by atoms with Gasteiger partial charge in [0.15, 0.2) is 0 Å². The van der Waals surface area contributed by atoms with Gasteiger partial charge in [0.05, 0.1) is 6.10 Å². The van der Waals surface area contributed by atoms with Gasteiger partial charge in [0.25, 0.3) is 0 Å². The summed E-state index contributed by atoms with van der Waals surface area (Å²) in [6.45, 7) is 1.84. The monoisotopic (exact) mass is 334 g/mol. The lowest BCUT2D eigenvalue weighted by Gasteiger charge is -2.32. The minimum Gasteiger partial charge on any atom is -0.460 e. The predicted octanol–water partition coefficient (Wildman–Crippen LogP) is 4.14. The normalized spacial score (nSPS) is 20.6. The zero-order valence-electron chi connectivity index (χ0n) is 14.3. The molecule has 0 fully saturated rings. The van der Waals surface area contributed by atoms with Crippen molar-refractivity contribution in [1.82, 2.24) is 0 Å². The number of hydrogen-bond acceptors (Lipinski definition) is 3. The van der Waals surface area contributed by atoms with E-state index in [0.717, 1.165) is 16.7 Å². The minimum atomic E-state index is -1.03. The van der Waals surface area contributed by atoms with Crippen LogP contribution in [0.5, 0.6) is 0 Å². The van der Waals surface area contributed by atoms with Crippen LogP contribution >= 0.6 is 0 Å². The van der Waals surface area contributed by atoms with E-state index in [2.05, 4.69) is 0 Å². The van der Waals surface area contributed by atoms with Crippen LogP contribution in [0.3, 0.4) is 0 Å². The van der Waals surface area contributed by atoms with Crippen LogP contribution in [0, 0.1) is 5.41 Å². The summed E-state index contributed by atoms with van der Waals surface area (Å²) in [7, 11) is 0. The highest BCUT2D eigenvalue weighted by Crippen LogP contribution is 2.37. The van der Waals surface area contributed by atoms with Gasteiger partial charge in [-0.1, -0.05) is 78.9 Å². The third-order valence-corrected chi connectivity index (χ3v) is 4.67. The van der Waals surface area contributed by atoms with Gasteiger partial charge in [-0.3, -0.25) is 4.79 Å². The van der Waals surface area contributed by atoms with Gasteiger partial charge >= 0.3 is 5.97 Å². The lowest BCUT2D eigenvalue weighted by molar-refractivity contribution is -0.159. The zero-order valence-corrected chi connectivity index (χ0v) is 14.3. The van der Waals surface area contributed by atoms with Crippen LogP contribution < -0.4 is 0 Å². The molecule has 2 unspecified atom stereocenters. The Morgan fingerprint density at radius 2 is 1.76 bits per heavy atom. The van der Waals surface area contributed by atoms with Gasteiger partial charge in [-0.25, -0.2) is 0 Å². The maximum Gasteiger partial charge on any atom is 0.319 e. The van der Waals surface area contributed by atoms with Crippen molar-refractivity contribution >= 4 is 11.5 Å². The molecule has 1 aliphatic carbocycles. The van der Waals surface area contributed by atoms with Crippen molar-refractivity contribution in [3.8, 4) is 0 Å². The molecule has 0 spiro atoms. The Labute approximate surface area is 148 Å². The number of allylic oxidation sites excluding steroid dienone is 3.